The first-order chi connectivity index (χ1) is 13.0. The van der Waals surface area contributed by atoms with Crippen molar-refractivity contribution in [3.63, 3.8) is 0 Å². The van der Waals surface area contributed by atoms with Gasteiger partial charge < -0.3 is 9.64 Å². The Morgan fingerprint density at radius 2 is 1.93 bits per heavy atom. The van der Waals surface area contributed by atoms with Crippen molar-refractivity contribution in [3.8, 4) is 5.75 Å². The Balaban J connectivity index is 1.59. The Kier molecular flexibility index (Phi) is 5.54. The van der Waals surface area contributed by atoms with Crippen molar-refractivity contribution < 1.29 is 14.3 Å². The zero-order chi connectivity index (χ0) is 19.4. The molecule has 2 aromatic carbocycles. The molecule has 1 saturated heterocycles. The number of aryl methyl sites for hydroxylation is 2. The number of carbonyl (C=O) groups excluding carboxylic acids is 2. The summed E-state index contributed by atoms with van der Waals surface area (Å²) in [5, 5.41) is 3.99. The van der Waals surface area contributed by atoms with Gasteiger partial charge in [0, 0.05) is 18.7 Å². The second-order valence-corrected chi connectivity index (χ2v) is 6.68. The van der Waals surface area contributed by atoms with E-state index in [1.165, 1.54) is 5.56 Å². The van der Waals surface area contributed by atoms with Crippen LogP contribution in [0.1, 0.15) is 23.1 Å². The minimum atomic E-state index is -0.410. The van der Waals surface area contributed by atoms with E-state index in [0.29, 0.717) is 6.54 Å². The highest BCUT2D eigenvalue weighted by Gasteiger charge is 2.35. The highest BCUT2D eigenvalue weighted by atomic mass is 16.5. The standard InChI is InChI=1S/C21H23N3O3/c1-14-4-7-18(10-15(14)2)24-13-17(11-20(24)25)21(26)23-22-12-16-5-8-19(27-3)9-6-16/h4-10,12,17H,11,13H2,1-3H3,(H,23,26)/b22-12-/t17-/m1/s1. The van der Waals surface area contributed by atoms with Gasteiger partial charge in [0.2, 0.25) is 11.8 Å². The molecule has 27 heavy (non-hydrogen) atoms. The van der Waals surface area contributed by atoms with Gasteiger partial charge in [-0.2, -0.15) is 5.10 Å². The maximum atomic E-state index is 12.4. The van der Waals surface area contributed by atoms with E-state index in [9.17, 15) is 9.59 Å². The van der Waals surface area contributed by atoms with Crippen LogP contribution in [0.4, 0.5) is 5.69 Å². The molecule has 1 aliphatic rings. The molecule has 0 saturated carbocycles. The lowest BCUT2D eigenvalue weighted by Crippen LogP contribution is -2.30. The SMILES string of the molecule is COc1ccc(/C=N\NC(=O)[C@@H]2CC(=O)N(c3ccc(C)c(C)c3)C2)cc1. The Morgan fingerprint density at radius 1 is 1.19 bits per heavy atom. The average molecular weight is 365 g/mol. The molecule has 1 aliphatic heterocycles. The van der Waals surface area contributed by atoms with E-state index in [-0.39, 0.29) is 18.2 Å². The van der Waals surface area contributed by atoms with Crippen LogP contribution in [-0.4, -0.2) is 31.7 Å². The average Bonchev–Trinajstić information content (AvgIpc) is 3.06. The largest absolute Gasteiger partial charge is 0.497 e. The van der Waals surface area contributed by atoms with Crippen molar-refractivity contribution >= 4 is 23.7 Å². The smallest absolute Gasteiger partial charge is 0.245 e. The first-order valence-corrected chi connectivity index (χ1v) is 8.82. The van der Waals surface area contributed by atoms with Crippen LogP contribution in [0.5, 0.6) is 5.75 Å². The summed E-state index contributed by atoms with van der Waals surface area (Å²) < 4.78 is 5.10. The molecule has 1 atom stereocenters. The minimum Gasteiger partial charge on any atom is -0.497 e. The lowest BCUT2D eigenvalue weighted by molar-refractivity contribution is -0.126. The fraction of sp³-hybridized carbons (Fsp3) is 0.286. The van der Waals surface area contributed by atoms with Gasteiger partial charge in [-0.15, -0.1) is 0 Å². The number of rotatable bonds is 5. The third-order valence-corrected chi connectivity index (χ3v) is 4.80. The van der Waals surface area contributed by atoms with Gasteiger partial charge in [0.25, 0.3) is 0 Å². The minimum absolute atomic E-state index is 0.0439. The third-order valence-electron chi connectivity index (χ3n) is 4.80. The van der Waals surface area contributed by atoms with Crippen LogP contribution in [0.3, 0.4) is 0 Å². The van der Waals surface area contributed by atoms with E-state index in [0.717, 1.165) is 22.6 Å². The second kappa shape index (κ2) is 8.03. The fourth-order valence-corrected chi connectivity index (χ4v) is 2.98. The Morgan fingerprint density at radius 3 is 2.59 bits per heavy atom. The Hall–Kier alpha value is -3.15. The Bertz CT molecular complexity index is 875. The summed E-state index contributed by atoms with van der Waals surface area (Å²) >= 11 is 0. The molecule has 3 rings (SSSR count). The number of hydrogen-bond donors (Lipinski definition) is 1. The van der Waals surface area contributed by atoms with Crippen molar-refractivity contribution in [1.82, 2.24) is 5.43 Å². The Labute approximate surface area is 158 Å². The monoisotopic (exact) mass is 365 g/mol. The van der Waals surface area contributed by atoms with Crippen molar-refractivity contribution in [1.29, 1.82) is 0 Å². The van der Waals surface area contributed by atoms with E-state index >= 15 is 0 Å². The predicted octanol–water partition coefficient (Wildman–Crippen LogP) is 2.82. The van der Waals surface area contributed by atoms with Gasteiger partial charge in [-0.3, -0.25) is 9.59 Å². The molecular formula is C21H23N3O3. The first-order valence-electron chi connectivity index (χ1n) is 8.82. The van der Waals surface area contributed by atoms with E-state index in [2.05, 4.69) is 10.5 Å². The molecular weight excluding hydrogens is 342 g/mol. The maximum Gasteiger partial charge on any atom is 0.245 e. The summed E-state index contributed by atoms with van der Waals surface area (Å²) in [6.45, 7) is 4.41. The van der Waals surface area contributed by atoms with Gasteiger partial charge in [0.05, 0.1) is 19.2 Å². The van der Waals surface area contributed by atoms with Crippen LogP contribution in [0.15, 0.2) is 47.6 Å². The second-order valence-electron chi connectivity index (χ2n) is 6.68. The molecule has 1 N–H and O–H groups in total. The topological polar surface area (TPSA) is 71.0 Å². The van der Waals surface area contributed by atoms with E-state index < -0.39 is 5.92 Å². The van der Waals surface area contributed by atoms with Crippen LogP contribution in [0.2, 0.25) is 0 Å². The number of hydrogen-bond acceptors (Lipinski definition) is 4. The van der Waals surface area contributed by atoms with E-state index in [1.807, 2.05) is 56.3 Å². The van der Waals surface area contributed by atoms with Gasteiger partial charge in [0.15, 0.2) is 0 Å². The van der Waals surface area contributed by atoms with Gasteiger partial charge in [-0.25, -0.2) is 5.43 Å². The molecule has 1 heterocycles. The number of hydrazone groups is 1. The highest BCUT2D eigenvalue weighted by Crippen LogP contribution is 2.26. The summed E-state index contributed by atoms with van der Waals surface area (Å²) in [4.78, 5) is 26.4. The van der Waals surface area contributed by atoms with E-state index in [1.54, 1.807) is 18.2 Å². The number of methoxy groups -OCH3 is 1. The van der Waals surface area contributed by atoms with Gasteiger partial charge in [0.1, 0.15) is 5.75 Å². The molecule has 0 radical (unpaired) electrons. The molecule has 0 unspecified atom stereocenters. The quantitative estimate of drug-likeness (QED) is 0.654. The number of nitrogens with one attached hydrogen (secondary N) is 1. The van der Waals surface area contributed by atoms with Crippen molar-refractivity contribution in [2.24, 2.45) is 11.0 Å². The first kappa shape index (κ1) is 18.6. The summed E-state index contributed by atoms with van der Waals surface area (Å²) in [5.74, 6) is 0.0520. The van der Waals surface area contributed by atoms with Crippen LogP contribution in [0.25, 0.3) is 0 Å². The van der Waals surface area contributed by atoms with Crippen molar-refractivity contribution in [3.05, 3.63) is 59.2 Å². The van der Waals surface area contributed by atoms with Crippen molar-refractivity contribution in [2.45, 2.75) is 20.3 Å². The predicted molar refractivity (Wildman–Crippen MR) is 105 cm³/mol. The molecule has 0 aromatic heterocycles. The molecule has 2 aromatic rings. The zero-order valence-electron chi connectivity index (χ0n) is 15.7. The maximum absolute atomic E-state index is 12.4. The summed E-state index contributed by atoms with van der Waals surface area (Å²) in [6, 6.07) is 13.2. The number of ether oxygens (including phenoxy) is 1. The van der Waals surface area contributed by atoms with Crippen molar-refractivity contribution in [2.75, 3.05) is 18.6 Å². The van der Waals surface area contributed by atoms with Gasteiger partial charge in [-0.1, -0.05) is 6.07 Å². The number of amides is 2. The van der Waals surface area contributed by atoms with Crippen LogP contribution < -0.4 is 15.1 Å². The fourth-order valence-electron chi connectivity index (χ4n) is 2.98. The van der Waals surface area contributed by atoms with Crippen LogP contribution in [0, 0.1) is 19.8 Å². The van der Waals surface area contributed by atoms with E-state index in [4.69, 9.17) is 4.74 Å². The van der Waals surface area contributed by atoms with Gasteiger partial charge in [-0.05, 0) is 66.9 Å². The molecule has 2 amide bonds. The summed E-state index contributed by atoms with van der Waals surface area (Å²) in [5.41, 5.74) is 6.51. The third kappa shape index (κ3) is 4.34. The van der Waals surface area contributed by atoms with Crippen LogP contribution >= 0.6 is 0 Å². The lowest BCUT2D eigenvalue weighted by atomic mass is 10.1. The molecule has 0 bridgehead atoms. The normalized spacial score (nSPS) is 16.8. The molecule has 0 aliphatic carbocycles. The van der Waals surface area contributed by atoms with Gasteiger partial charge >= 0.3 is 0 Å². The number of carbonyl (C=O) groups is 2. The lowest BCUT2D eigenvalue weighted by Gasteiger charge is -2.17. The molecule has 140 valence electrons. The zero-order valence-corrected chi connectivity index (χ0v) is 15.7. The summed E-state index contributed by atoms with van der Waals surface area (Å²) in [6.07, 6.45) is 1.76. The highest BCUT2D eigenvalue weighted by molar-refractivity contribution is 6.00. The number of nitrogens with zero attached hydrogens (tertiary/aromatic N) is 2. The molecule has 6 nitrogen and oxygen atoms in total. The van der Waals surface area contributed by atoms with Crippen LogP contribution in [-0.2, 0) is 9.59 Å². The number of benzene rings is 2. The summed E-state index contributed by atoms with van der Waals surface area (Å²) in [7, 11) is 1.60. The molecule has 0 spiro atoms. The number of anilines is 1. The molecule has 6 heteroatoms. The molecule has 1 fully saturated rings.